The molecule has 2 heterocycles. The van der Waals surface area contributed by atoms with Gasteiger partial charge in [-0.1, -0.05) is 88.5 Å². The minimum atomic E-state index is -0.751. The summed E-state index contributed by atoms with van der Waals surface area (Å²) in [5.74, 6) is -0.753. The highest BCUT2D eigenvalue weighted by Crippen LogP contribution is 2.38. The van der Waals surface area contributed by atoms with Crippen molar-refractivity contribution in [2.75, 3.05) is 4.90 Å². The molecule has 2 aliphatic rings. The second-order valence-corrected chi connectivity index (χ2v) is 11.3. The van der Waals surface area contributed by atoms with Gasteiger partial charge in [0.25, 0.3) is 0 Å². The van der Waals surface area contributed by atoms with Gasteiger partial charge in [-0.3, -0.25) is 15.0 Å². The third-order valence-corrected chi connectivity index (χ3v) is 8.33. The van der Waals surface area contributed by atoms with Crippen molar-refractivity contribution in [2.45, 2.75) is 31.1 Å². The van der Waals surface area contributed by atoms with E-state index in [0.717, 1.165) is 39.1 Å². The zero-order chi connectivity index (χ0) is 26.3. The molecule has 0 unspecified atom stereocenters. The molecule has 0 spiro atoms. The van der Waals surface area contributed by atoms with Gasteiger partial charge in [0.1, 0.15) is 5.25 Å². The van der Waals surface area contributed by atoms with Gasteiger partial charge in [0.05, 0.1) is 27.5 Å². The summed E-state index contributed by atoms with van der Waals surface area (Å²) in [6.45, 7) is 2.02. The molecule has 3 aromatic rings. The Kier molecular flexibility index (Phi) is 7.32. The topological polar surface area (TPSA) is 76.8 Å². The van der Waals surface area contributed by atoms with Gasteiger partial charge in [-0.25, -0.2) is 9.91 Å². The van der Waals surface area contributed by atoms with Gasteiger partial charge in [0, 0.05) is 17.9 Å². The molecular formula is C27H21Cl3N4O2S. The van der Waals surface area contributed by atoms with Crippen LogP contribution in [0, 0.1) is 12.3 Å². The van der Waals surface area contributed by atoms with E-state index in [0.29, 0.717) is 22.2 Å². The van der Waals surface area contributed by atoms with Crippen LogP contribution in [0.25, 0.3) is 0 Å². The number of carbonyl (C=O) groups is 2. The fraction of sp³-hybridized carbons (Fsp3) is 0.185. The minimum absolute atomic E-state index is 0.0277. The highest BCUT2D eigenvalue weighted by atomic mass is 35.5. The smallest absolute Gasteiger partial charge is 0.247 e. The van der Waals surface area contributed by atoms with Crippen molar-refractivity contribution in [1.82, 2.24) is 5.01 Å². The number of nitrogens with one attached hydrogen (secondary N) is 1. The number of halogens is 3. The number of nitrogens with zero attached hydrogens (tertiary/aromatic N) is 3. The molecule has 5 rings (SSSR count). The van der Waals surface area contributed by atoms with Crippen molar-refractivity contribution < 1.29 is 9.59 Å². The Morgan fingerprint density at radius 2 is 1.65 bits per heavy atom. The molecule has 0 aliphatic carbocycles. The number of amidine groups is 1. The van der Waals surface area contributed by atoms with Gasteiger partial charge in [0.15, 0.2) is 5.17 Å². The number of carbonyl (C=O) groups excluding carboxylic acids is 2. The summed E-state index contributed by atoms with van der Waals surface area (Å²) >= 11 is 19.2. The van der Waals surface area contributed by atoms with Crippen molar-refractivity contribution in [3.8, 4) is 0 Å². The van der Waals surface area contributed by atoms with E-state index >= 15 is 0 Å². The molecule has 0 saturated carbocycles. The van der Waals surface area contributed by atoms with Crippen LogP contribution in [-0.4, -0.2) is 33.0 Å². The summed E-state index contributed by atoms with van der Waals surface area (Å²) in [6, 6.07) is 19.9. The molecule has 37 heavy (non-hydrogen) atoms. The molecule has 2 aliphatic heterocycles. The van der Waals surface area contributed by atoms with Gasteiger partial charge < -0.3 is 0 Å². The quantitative estimate of drug-likeness (QED) is 0.206. The second kappa shape index (κ2) is 10.5. The predicted octanol–water partition coefficient (Wildman–Crippen LogP) is 7.11. The van der Waals surface area contributed by atoms with Crippen molar-refractivity contribution in [3.63, 3.8) is 0 Å². The fourth-order valence-electron chi connectivity index (χ4n) is 4.34. The lowest BCUT2D eigenvalue weighted by Crippen LogP contribution is -2.32. The fourth-order valence-corrected chi connectivity index (χ4v) is 5.74. The average molecular weight is 572 g/mol. The maximum Gasteiger partial charge on any atom is 0.247 e. The number of anilines is 1. The zero-order valence-electron chi connectivity index (χ0n) is 19.6. The first-order chi connectivity index (χ1) is 17.7. The lowest BCUT2D eigenvalue weighted by atomic mass is 9.98. The van der Waals surface area contributed by atoms with Gasteiger partial charge in [-0.2, -0.15) is 5.10 Å². The van der Waals surface area contributed by atoms with Gasteiger partial charge in [-0.05, 0) is 48.4 Å². The Labute approximate surface area is 233 Å². The number of benzene rings is 3. The molecule has 0 radical (unpaired) electrons. The number of imide groups is 1. The van der Waals surface area contributed by atoms with E-state index in [1.165, 1.54) is 6.07 Å². The largest absolute Gasteiger partial charge is 0.277 e. The van der Waals surface area contributed by atoms with Crippen LogP contribution in [0.3, 0.4) is 0 Å². The number of hydrogen-bond acceptors (Lipinski definition) is 5. The summed E-state index contributed by atoms with van der Waals surface area (Å²) < 4.78 is 0. The van der Waals surface area contributed by atoms with E-state index in [9.17, 15) is 9.59 Å². The molecule has 2 amide bonds. The summed E-state index contributed by atoms with van der Waals surface area (Å²) in [7, 11) is 0. The number of hydrogen-bond donors (Lipinski definition) is 1. The Balaban J connectivity index is 1.40. The molecule has 1 fully saturated rings. The lowest BCUT2D eigenvalue weighted by Gasteiger charge is -2.24. The Morgan fingerprint density at radius 1 is 0.946 bits per heavy atom. The first-order valence-corrected chi connectivity index (χ1v) is 13.5. The highest BCUT2D eigenvalue weighted by molar-refractivity contribution is 8.14. The van der Waals surface area contributed by atoms with E-state index in [2.05, 4.69) is 0 Å². The maximum atomic E-state index is 13.2. The standard InChI is InChI=1S/C27H21Cl3N4O2S/c1-15-2-4-16(5-3-15)22-13-23(17-6-8-18(28)9-7-17)34(32-22)27(31)37-24-14-25(35)33(26(24)36)19-10-11-20(29)21(30)12-19/h2-12,23-24,31H,13-14H2,1H3/t23-,24+/m0/s1. The molecule has 6 nitrogen and oxygen atoms in total. The normalized spacial score (nSPS) is 19.5. The Bertz CT molecular complexity index is 1430. The molecule has 0 bridgehead atoms. The third kappa shape index (κ3) is 5.27. The first kappa shape index (κ1) is 25.8. The number of hydrazone groups is 1. The summed E-state index contributed by atoms with van der Waals surface area (Å²) in [5, 5.41) is 15.8. The van der Waals surface area contributed by atoms with Crippen molar-refractivity contribution >= 4 is 74.9 Å². The van der Waals surface area contributed by atoms with E-state index < -0.39 is 11.2 Å². The lowest BCUT2D eigenvalue weighted by molar-refractivity contribution is -0.121. The van der Waals surface area contributed by atoms with Crippen LogP contribution in [0.2, 0.25) is 15.1 Å². The van der Waals surface area contributed by atoms with Crippen LogP contribution in [0.1, 0.15) is 35.6 Å². The average Bonchev–Trinajstić information content (AvgIpc) is 3.43. The van der Waals surface area contributed by atoms with E-state index in [4.69, 9.17) is 45.3 Å². The van der Waals surface area contributed by atoms with E-state index in [-0.39, 0.29) is 28.6 Å². The molecule has 1 saturated heterocycles. The molecular weight excluding hydrogens is 551 g/mol. The molecule has 3 aromatic carbocycles. The Hall–Kier alpha value is -2.84. The number of amides is 2. The van der Waals surface area contributed by atoms with Crippen molar-refractivity contribution in [2.24, 2.45) is 5.10 Å². The zero-order valence-corrected chi connectivity index (χ0v) is 22.7. The van der Waals surface area contributed by atoms with Gasteiger partial charge in [-0.15, -0.1) is 0 Å². The van der Waals surface area contributed by atoms with Gasteiger partial charge >= 0.3 is 0 Å². The van der Waals surface area contributed by atoms with Crippen LogP contribution < -0.4 is 4.90 Å². The molecule has 2 atom stereocenters. The maximum absolute atomic E-state index is 13.2. The molecule has 188 valence electrons. The van der Waals surface area contributed by atoms with Crippen LogP contribution >= 0.6 is 46.6 Å². The number of thioether (sulfide) groups is 1. The monoisotopic (exact) mass is 570 g/mol. The van der Waals surface area contributed by atoms with Crippen LogP contribution in [0.4, 0.5) is 5.69 Å². The highest BCUT2D eigenvalue weighted by Gasteiger charge is 2.42. The summed E-state index contributed by atoms with van der Waals surface area (Å²) in [6.07, 6.45) is 0.556. The number of aryl methyl sites for hydroxylation is 1. The SMILES string of the molecule is Cc1ccc(C2=NN(C(=N)S[C@@H]3CC(=O)N(c4ccc(Cl)c(Cl)c4)C3=O)[C@H](c3ccc(Cl)cc3)C2)cc1. The van der Waals surface area contributed by atoms with Gasteiger partial charge in [0.2, 0.25) is 11.8 Å². The van der Waals surface area contributed by atoms with Crippen LogP contribution in [0.15, 0.2) is 71.8 Å². The summed E-state index contributed by atoms with van der Waals surface area (Å²) in [4.78, 5) is 27.1. The van der Waals surface area contributed by atoms with Crippen molar-refractivity contribution in [1.29, 1.82) is 5.41 Å². The van der Waals surface area contributed by atoms with E-state index in [1.54, 1.807) is 17.1 Å². The predicted molar refractivity (Wildman–Crippen MR) is 151 cm³/mol. The Morgan fingerprint density at radius 3 is 2.32 bits per heavy atom. The van der Waals surface area contributed by atoms with Crippen molar-refractivity contribution in [3.05, 3.63) is 98.5 Å². The molecule has 10 heteroatoms. The van der Waals surface area contributed by atoms with Crippen LogP contribution in [0.5, 0.6) is 0 Å². The molecule has 1 N–H and O–H groups in total. The van der Waals surface area contributed by atoms with E-state index in [1.807, 2.05) is 55.5 Å². The second-order valence-electron chi connectivity index (χ2n) is 8.81. The summed E-state index contributed by atoms with van der Waals surface area (Å²) in [5.41, 5.74) is 4.28. The number of rotatable bonds is 4. The molecule has 0 aromatic heterocycles. The minimum Gasteiger partial charge on any atom is -0.277 e. The third-order valence-electron chi connectivity index (χ3n) is 6.28. The van der Waals surface area contributed by atoms with Crippen LogP contribution in [-0.2, 0) is 9.59 Å². The first-order valence-electron chi connectivity index (χ1n) is 11.5.